The van der Waals surface area contributed by atoms with Crippen molar-refractivity contribution in [1.29, 1.82) is 0 Å². The van der Waals surface area contributed by atoms with Crippen LogP contribution in [0.25, 0.3) is 0 Å². The molecule has 1 saturated heterocycles. The van der Waals surface area contributed by atoms with Gasteiger partial charge >= 0.3 is 0 Å². The Hall–Kier alpha value is -0.870. The molecular formula is C8H12N2O2. The van der Waals surface area contributed by atoms with E-state index in [1.165, 1.54) is 0 Å². The van der Waals surface area contributed by atoms with Gasteiger partial charge in [0.2, 0.25) is 0 Å². The normalized spacial score (nSPS) is 25.9. The van der Waals surface area contributed by atoms with E-state index in [2.05, 4.69) is 9.97 Å². The van der Waals surface area contributed by atoms with E-state index in [1.54, 1.807) is 12.4 Å². The maximum Gasteiger partial charge on any atom is 0.135 e. The van der Waals surface area contributed by atoms with Crippen molar-refractivity contribution in [2.24, 2.45) is 5.92 Å². The van der Waals surface area contributed by atoms with Gasteiger partial charge in [-0.05, 0) is 6.42 Å². The first-order chi connectivity index (χ1) is 5.88. The van der Waals surface area contributed by atoms with Gasteiger partial charge in [0.15, 0.2) is 0 Å². The summed E-state index contributed by atoms with van der Waals surface area (Å²) in [6.45, 7) is 1.39. The Morgan fingerprint density at radius 3 is 3.25 bits per heavy atom. The molecule has 0 bridgehead atoms. The minimum absolute atomic E-state index is 0.205. The lowest BCUT2D eigenvalue weighted by atomic mass is 10.0. The Morgan fingerprint density at radius 1 is 1.75 bits per heavy atom. The summed E-state index contributed by atoms with van der Waals surface area (Å²) in [5.74, 6) is 0.849. The largest absolute Gasteiger partial charge is 0.385 e. The lowest BCUT2D eigenvalue weighted by molar-refractivity contribution is 0.0856. The number of aliphatic hydroxyl groups is 1. The number of hydrogen-bond acceptors (Lipinski definition) is 3. The molecule has 2 atom stereocenters. The van der Waals surface area contributed by atoms with Crippen LogP contribution in [-0.2, 0) is 4.74 Å². The molecule has 2 unspecified atom stereocenters. The number of nitrogens with one attached hydrogen (secondary N) is 1. The lowest BCUT2D eigenvalue weighted by Crippen LogP contribution is -2.13. The monoisotopic (exact) mass is 168 g/mol. The van der Waals surface area contributed by atoms with Crippen LogP contribution in [0.4, 0.5) is 0 Å². The SMILES string of the molecule is OC(c1ncc[nH]1)C1CCOC1. The van der Waals surface area contributed by atoms with Crippen molar-refractivity contribution in [3.05, 3.63) is 18.2 Å². The Kier molecular flexibility index (Phi) is 2.10. The fourth-order valence-electron chi connectivity index (χ4n) is 1.46. The van der Waals surface area contributed by atoms with Crippen LogP contribution in [0.2, 0.25) is 0 Å². The van der Waals surface area contributed by atoms with Crippen molar-refractivity contribution in [1.82, 2.24) is 9.97 Å². The lowest BCUT2D eigenvalue weighted by Gasteiger charge is -2.13. The van der Waals surface area contributed by atoms with E-state index in [4.69, 9.17) is 4.74 Å². The highest BCUT2D eigenvalue weighted by atomic mass is 16.5. The Balaban J connectivity index is 2.04. The van der Waals surface area contributed by atoms with E-state index < -0.39 is 6.10 Å². The minimum Gasteiger partial charge on any atom is -0.385 e. The number of aliphatic hydroxyl groups excluding tert-OH is 1. The van der Waals surface area contributed by atoms with Crippen LogP contribution in [0.1, 0.15) is 18.3 Å². The molecule has 4 heteroatoms. The quantitative estimate of drug-likeness (QED) is 0.675. The van der Waals surface area contributed by atoms with Crippen molar-refractivity contribution < 1.29 is 9.84 Å². The van der Waals surface area contributed by atoms with Gasteiger partial charge < -0.3 is 14.8 Å². The molecule has 2 heterocycles. The van der Waals surface area contributed by atoms with E-state index in [0.29, 0.717) is 12.4 Å². The zero-order valence-corrected chi connectivity index (χ0v) is 6.73. The number of imidazole rings is 1. The summed E-state index contributed by atoms with van der Waals surface area (Å²) in [5.41, 5.74) is 0. The second kappa shape index (κ2) is 3.25. The number of nitrogens with zero attached hydrogens (tertiary/aromatic N) is 1. The average molecular weight is 168 g/mol. The van der Waals surface area contributed by atoms with Gasteiger partial charge in [0.1, 0.15) is 11.9 Å². The highest BCUT2D eigenvalue weighted by Crippen LogP contribution is 2.25. The van der Waals surface area contributed by atoms with Gasteiger partial charge in [-0.25, -0.2) is 4.98 Å². The molecule has 2 N–H and O–H groups in total. The third-order valence-electron chi connectivity index (χ3n) is 2.21. The second-order valence-electron chi connectivity index (χ2n) is 3.04. The summed E-state index contributed by atoms with van der Waals surface area (Å²) >= 11 is 0. The highest BCUT2D eigenvalue weighted by Gasteiger charge is 2.26. The molecule has 0 radical (unpaired) electrons. The Bertz CT molecular complexity index is 229. The highest BCUT2D eigenvalue weighted by molar-refractivity contribution is 4.95. The van der Waals surface area contributed by atoms with Crippen LogP contribution in [0.3, 0.4) is 0 Å². The van der Waals surface area contributed by atoms with E-state index >= 15 is 0 Å². The minimum atomic E-state index is -0.498. The predicted molar refractivity (Wildman–Crippen MR) is 42.5 cm³/mol. The van der Waals surface area contributed by atoms with Gasteiger partial charge in [0.05, 0.1) is 6.61 Å². The van der Waals surface area contributed by atoms with Crippen molar-refractivity contribution in [3.63, 3.8) is 0 Å². The first kappa shape index (κ1) is 7.76. The Morgan fingerprint density at radius 2 is 2.67 bits per heavy atom. The molecule has 66 valence electrons. The molecule has 1 aliphatic heterocycles. The molecule has 0 saturated carbocycles. The van der Waals surface area contributed by atoms with E-state index in [9.17, 15) is 5.11 Å². The maximum atomic E-state index is 9.74. The van der Waals surface area contributed by atoms with Crippen LogP contribution >= 0.6 is 0 Å². The molecule has 2 rings (SSSR count). The summed E-state index contributed by atoms with van der Waals surface area (Å²) in [6, 6.07) is 0. The number of ether oxygens (including phenoxy) is 1. The first-order valence-electron chi connectivity index (χ1n) is 4.13. The van der Waals surface area contributed by atoms with E-state index in [1.807, 2.05) is 0 Å². The predicted octanol–water partition coefficient (Wildman–Crippen LogP) is 0.480. The van der Waals surface area contributed by atoms with Crippen LogP contribution in [-0.4, -0.2) is 28.3 Å². The molecule has 0 amide bonds. The van der Waals surface area contributed by atoms with Crippen molar-refractivity contribution in [2.45, 2.75) is 12.5 Å². The van der Waals surface area contributed by atoms with Gasteiger partial charge in [-0.3, -0.25) is 0 Å². The maximum absolute atomic E-state index is 9.74. The number of rotatable bonds is 2. The van der Waals surface area contributed by atoms with Gasteiger partial charge in [-0.15, -0.1) is 0 Å². The second-order valence-corrected chi connectivity index (χ2v) is 3.04. The van der Waals surface area contributed by atoms with Crippen molar-refractivity contribution in [3.8, 4) is 0 Å². The van der Waals surface area contributed by atoms with Crippen LogP contribution in [0.15, 0.2) is 12.4 Å². The van der Waals surface area contributed by atoms with E-state index in [-0.39, 0.29) is 5.92 Å². The van der Waals surface area contributed by atoms with Crippen molar-refractivity contribution in [2.75, 3.05) is 13.2 Å². The van der Waals surface area contributed by atoms with Crippen LogP contribution < -0.4 is 0 Å². The van der Waals surface area contributed by atoms with Gasteiger partial charge in [0, 0.05) is 24.9 Å². The number of aromatic nitrogens is 2. The fraction of sp³-hybridized carbons (Fsp3) is 0.625. The molecule has 0 spiro atoms. The standard InChI is InChI=1S/C8H12N2O2/c11-7(6-1-4-12-5-6)8-9-2-3-10-8/h2-3,6-7,11H,1,4-5H2,(H,9,10). The third-order valence-corrected chi connectivity index (χ3v) is 2.21. The molecule has 1 fully saturated rings. The third kappa shape index (κ3) is 1.35. The van der Waals surface area contributed by atoms with Gasteiger partial charge in [0.25, 0.3) is 0 Å². The molecule has 0 aromatic carbocycles. The summed E-state index contributed by atoms with van der Waals surface area (Å²) in [7, 11) is 0. The number of aromatic amines is 1. The van der Waals surface area contributed by atoms with Gasteiger partial charge in [-0.2, -0.15) is 0 Å². The summed E-state index contributed by atoms with van der Waals surface area (Å²) in [5, 5.41) is 9.74. The zero-order chi connectivity index (χ0) is 8.39. The molecule has 12 heavy (non-hydrogen) atoms. The molecular weight excluding hydrogens is 156 g/mol. The molecule has 0 aliphatic carbocycles. The van der Waals surface area contributed by atoms with Crippen molar-refractivity contribution >= 4 is 0 Å². The number of hydrogen-bond donors (Lipinski definition) is 2. The summed E-state index contributed by atoms with van der Waals surface area (Å²) in [6.07, 6.45) is 3.78. The molecule has 1 aromatic heterocycles. The molecule has 4 nitrogen and oxygen atoms in total. The number of H-pyrrole nitrogens is 1. The smallest absolute Gasteiger partial charge is 0.135 e. The van der Waals surface area contributed by atoms with Gasteiger partial charge in [-0.1, -0.05) is 0 Å². The summed E-state index contributed by atoms with van der Waals surface area (Å²) in [4.78, 5) is 6.90. The molecule has 1 aliphatic rings. The first-order valence-corrected chi connectivity index (χ1v) is 4.13. The van der Waals surface area contributed by atoms with Crippen LogP contribution in [0.5, 0.6) is 0 Å². The van der Waals surface area contributed by atoms with Crippen LogP contribution in [0, 0.1) is 5.92 Å². The Labute approximate surface area is 70.6 Å². The fourth-order valence-corrected chi connectivity index (χ4v) is 1.46. The molecule has 1 aromatic rings. The zero-order valence-electron chi connectivity index (χ0n) is 6.73. The topological polar surface area (TPSA) is 58.1 Å². The summed E-state index contributed by atoms with van der Waals surface area (Å²) < 4.78 is 5.17. The average Bonchev–Trinajstić information content (AvgIpc) is 2.77. The van der Waals surface area contributed by atoms with E-state index in [0.717, 1.165) is 13.0 Å².